The van der Waals surface area contributed by atoms with E-state index >= 15 is 0 Å². The molecule has 2 bridgehead atoms. The van der Waals surface area contributed by atoms with Crippen LogP contribution in [0.4, 0.5) is 0 Å². The Morgan fingerprint density at radius 1 is 1.33 bits per heavy atom. The molecule has 1 aliphatic carbocycles. The highest BCUT2D eigenvalue weighted by Crippen LogP contribution is 2.52. The summed E-state index contributed by atoms with van der Waals surface area (Å²) in [6.45, 7) is 11.7. The first-order valence-corrected chi connectivity index (χ1v) is 9.88. The SMILES string of the molecule is Cc1[nH]c2ccc(OCCN3CC4(C)CC3CC(C)(C)C4)cc2c1C(=O)O. The van der Waals surface area contributed by atoms with Crippen LogP contribution in [0.5, 0.6) is 5.75 Å². The fourth-order valence-electron chi connectivity index (χ4n) is 5.79. The maximum absolute atomic E-state index is 11.5. The molecule has 2 fully saturated rings. The average Bonchev–Trinajstić information content (AvgIpc) is 2.98. The van der Waals surface area contributed by atoms with Gasteiger partial charge in [0.15, 0.2) is 0 Å². The number of hydrogen-bond acceptors (Lipinski definition) is 3. The summed E-state index contributed by atoms with van der Waals surface area (Å²) < 4.78 is 6.00. The van der Waals surface area contributed by atoms with Crippen molar-refractivity contribution in [3.05, 3.63) is 29.5 Å². The standard InChI is InChI=1S/C22H30N2O3/c1-14-19(20(25)26)17-9-16(5-6-18(17)23-14)27-8-7-24-13-22(4)11-15(24)10-21(2,3)12-22/h5-6,9,15,23H,7-8,10-13H2,1-4H3,(H,25,26). The van der Waals surface area contributed by atoms with Crippen LogP contribution in [-0.4, -0.2) is 46.7 Å². The van der Waals surface area contributed by atoms with E-state index in [1.807, 2.05) is 18.2 Å². The van der Waals surface area contributed by atoms with Gasteiger partial charge in [-0.15, -0.1) is 0 Å². The number of aromatic carboxylic acids is 1. The van der Waals surface area contributed by atoms with Gasteiger partial charge in [0.25, 0.3) is 0 Å². The zero-order chi connectivity index (χ0) is 19.4. The second-order valence-electron chi connectivity index (χ2n) is 9.67. The summed E-state index contributed by atoms with van der Waals surface area (Å²) in [5, 5.41) is 10.2. The molecular formula is C22H30N2O3. The molecule has 1 aromatic heterocycles. The number of nitrogens with one attached hydrogen (secondary N) is 1. The highest BCUT2D eigenvalue weighted by molar-refractivity contribution is 6.05. The molecule has 4 rings (SSSR count). The van der Waals surface area contributed by atoms with Crippen LogP contribution in [0.1, 0.15) is 56.1 Å². The first kappa shape index (κ1) is 18.4. The van der Waals surface area contributed by atoms with Crippen molar-refractivity contribution in [3.8, 4) is 5.75 Å². The molecule has 0 spiro atoms. The Morgan fingerprint density at radius 3 is 2.85 bits per heavy atom. The lowest BCUT2D eigenvalue weighted by Crippen LogP contribution is -2.36. The fourth-order valence-corrected chi connectivity index (χ4v) is 5.79. The van der Waals surface area contributed by atoms with Crippen molar-refractivity contribution in [1.29, 1.82) is 0 Å². The number of rotatable bonds is 5. The van der Waals surface area contributed by atoms with Crippen molar-refractivity contribution in [2.24, 2.45) is 10.8 Å². The minimum Gasteiger partial charge on any atom is -0.492 e. The van der Waals surface area contributed by atoms with Gasteiger partial charge in [0.05, 0.1) is 5.56 Å². The minimum atomic E-state index is -0.906. The summed E-state index contributed by atoms with van der Waals surface area (Å²) in [6.07, 6.45) is 3.86. The maximum Gasteiger partial charge on any atom is 0.338 e. The number of ether oxygens (including phenoxy) is 1. The number of fused-ring (bicyclic) bond motifs is 3. The molecule has 0 radical (unpaired) electrons. The zero-order valence-electron chi connectivity index (χ0n) is 16.8. The molecule has 2 atom stereocenters. The fraction of sp³-hybridized carbons (Fsp3) is 0.591. The van der Waals surface area contributed by atoms with E-state index in [1.54, 1.807) is 6.92 Å². The molecule has 2 aliphatic rings. The number of hydrogen-bond donors (Lipinski definition) is 2. The van der Waals surface area contributed by atoms with E-state index in [0.29, 0.717) is 40.1 Å². The van der Waals surface area contributed by atoms with Crippen molar-refractivity contribution >= 4 is 16.9 Å². The largest absolute Gasteiger partial charge is 0.492 e. The Morgan fingerprint density at radius 2 is 2.11 bits per heavy atom. The van der Waals surface area contributed by atoms with E-state index in [-0.39, 0.29) is 0 Å². The summed E-state index contributed by atoms with van der Waals surface area (Å²) in [5.74, 6) is -0.172. The van der Waals surface area contributed by atoms with E-state index in [4.69, 9.17) is 4.74 Å². The van der Waals surface area contributed by atoms with Gasteiger partial charge >= 0.3 is 5.97 Å². The highest BCUT2D eigenvalue weighted by Gasteiger charge is 2.49. The molecule has 146 valence electrons. The monoisotopic (exact) mass is 370 g/mol. The Bertz CT molecular complexity index is 885. The number of aromatic amines is 1. The molecule has 2 aromatic rings. The topological polar surface area (TPSA) is 65.6 Å². The first-order valence-electron chi connectivity index (χ1n) is 9.88. The smallest absolute Gasteiger partial charge is 0.338 e. The summed E-state index contributed by atoms with van der Waals surface area (Å²) in [4.78, 5) is 17.2. The Balaban J connectivity index is 1.43. The van der Waals surface area contributed by atoms with Crippen molar-refractivity contribution in [2.45, 2.75) is 53.0 Å². The van der Waals surface area contributed by atoms with Crippen LogP contribution < -0.4 is 4.74 Å². The van der Waals surface area contributed by atoms with E-state index in [2.05, 4.69) is 30.7 Å². The summed E-state index contributed by atoms with van der Waals surface area (Å²) in [7, 11) is 0. The van der Waals surface area contributed by atoms with Gasteiger partial charge in [-0.2, -0.15) is 0 Å². The van der Waals surface area contributed by atoms with E-state index in [9.17, 15) is 9.90 Å². The predicted octanol–water partition coefficient (Wildman–Crippen LogP) is 4.45. The van der Waals surface area contributed by atoms with Crippen LogP contribution in [0, 0.1) is 17.8 Å². The normalized spacial score (nSPS) is 27.2. The maximum atomic E-state index is 11.5. The first-order chi connectivity index (χ1) is 12.7. The number of H-pyrrole nitrogens is 1. The number of likely N-dealkylation sites (tertiary alicyclic amines) is 1. The molecule has 27 heavy (non-hydrogen) atoms. The van der Waals surface area contributed by atoms with Crippen LogP contribution in [0.2, 0.25) is 0 Å². The van der Waals surface area contributed by atoms with E-state index in [0.717, 1.165) is 24.4 Å². The number of carbonyl (C=O) groups is 1. The van der Waals surface area contributed by atoms with Crippen LogP contribution in [0.15, 0.2) is 18.2 Å². The number of aryl methyl sites for hydroxylation is 1. The minimum absolute atomic E-state index is 0.332. The molecule has 0 amide bonds. The number of aromatic nitrogens is 1. The van der Waals surface area contributed by atoms with Gasteiger partial charge in [0.1, 0.15) is 12.4 Å². The van der Waals surface area contributed by atoms with Crippen molar-refractivity contribution in [2.75, 3.05) is 19.7 Å². The van der Waals surface area contributed by atoms with Crippen molar-refractivity contribution < 1.29 is 14.6 Å². The van der Waals surface area contributed by atoms with Gasteiger partial charge in [-0.3, -0.25) is 4.90 Å². The van der Waals surface area contributed by atoms with Crippen LogP contribution >= 0.6 is 0 Å². The Labute approximate surface area is 160 Å². The Kier molecular flexibility index (Phi) is 4.26. The van der Waals surface area contributed by atoms with Crippen LogP contribution in [-0.2, 0) is 0 Å². The molecule has 1 aliphatic heterocycles. The number of benzene rings is 1. The molecule has 1 saturated carbocycles. The number of carboxylic acid groups (broad SMARTS) is 1. The third-order valence-corrected chi connectivity index (χ3v) is 6.34. The zero-order valence-corrected chi connectivity index (χ0v) is 16.8. The van der Waals surface area contributed by atoms with Crippen molar-refractivity contribution in [3.63, 3.8) is 0 Å². The Hall–Kier alpha value is -2.01. The molecular weight excluding hydrogens is 340 g/mol. The lowest BCUT2D eigenvalue weighted by Gasteiger charge is -2.39. The molecule has 2 unspecified atom stereocenters. The molecule has 2 N–H and O–H groups in total. The van der Waals surface area contributed by atoms with E-state index < -0.39 is 5.97 Å². The lowest BCUT2D eigenvalue weighted by atomic mass is 9.65. The van der Waals surface area contributed by atoms with E-state index in [1.165, 1.54) is 19.3 Å². The summed E-state index contributed by atoms with van der Waals surface area (Å²) in [6, 6.07) is 6.32. The van der Waals surface area contributed by atoms with Crippen LogP contribution in [0.25, 0.3) is 10.9 Å². The van der Waals surface area contributed by atoms with Gasteiger partial charge in [0.2, 0.25) is 0 Å². The second-order valence-corrected chi connectivity index (χ2v) is 9.67. The third-order valence-electron chi connectivity index (χ3n) is 6.34. The summed E-state index contributed by atoms with van der Waals surface area (Å²) in [5.41, 5.74) is 2.71. The molecule has 5 heteroatoms. The van der Waals surface area contributed by atoms with Gasteiger partial charge in [-0.05, 0) is 55.2 Å². The number of nitrogens with zero attached hydrogens (tertiary/aromatic N) is 1. The predicted molar refractivity (Wildman–Crippen MR) is 107 cm³/mol. The average molecular weight is 370 g/mol. The molecule has 1 aromatic carbocycles. The lowest BCUT2D eigenvalue weighted by molar-refractivity contribution is 0.0698. The number of carboxylic acids is 1. The van der Waals surface area contributed by atoms with Gasteiger partial charge in [-0.25, -0.2) is 4.79 Å². The highest BCUT2D eigenvalue weighted by atomic mass is 16.5. The van der Waals surface area contributed by atoms with Crippen molar-refractivity contribution in [1.82, 2.24) is 9.88 Å². The van der Waals surface area contributed by atoms with Gasteiger partial charge in [0, 0.05) is 35.7 Å². The van der Waals surface area contributed by atoms with Gasteiger partial charge in [-0.1, -0.05) is 20.8 Å². The molecule has 5 nitrogen and oxygen atoms in total. The van der Waals surface area contributed by atoms with Crippen LogP contribution in [0.3, 0.4) is 0 Å². The molecule has 2 heterocycles. The second kappa shape index (κ2) is 6.26. The quantitative estimate of drug-likeness (QED) is 0.816. The molecule has 1 saturated heterocycles. The van der Waals surface area contributed by atoms with Gasteiger partial charge < -0.3 is 14.8 Å². The summed E-state index contributed by atoms with van der Waals surface area (Å²) >= 11 is 0. The third kappa shape index (κ3) is 3.45.